The number of amides is 1. The van der Waals surface area contributed by atoms with Gasteiger partial charge in [0.15, 0.2) is 24.8 Å². The summed E-state index contributed by atoms with van der Waals surface area (Å²) in [5.74, 6) is -4.13. The van der Waals surface area contributed by atoms with Crippen molar-refractivity contribution in [1.82, 2.24) is 15.8 Å². The fourth-order valence-corrected chi connectivity index (χ4v) is 12.3. The van der Waals surface area contributed by atoms with E-state index in [9.17, 15) is 29.7 Å². The van der Waals surface area contributed by atoms with Crippen molar-refractivity contribution in [2.45, 2.75) is 237 Å². The lowest BCUT2D eigenvalue weighted by atomic mass is 9.73. The van der Waals surface area contributed by atoms with Crippen LogP contribution in [0.25, 0.3) is 0 Å². The maximum Gasteiger partial charge on any atom is 0.422 e. The number of ether oxygens (including phenoxy) is 8. The summed E-state index contributed by atoms with van der Waals surface area (Å²) in [5.41, 5.74) is 2.20. The first-order valence-corrected chi connectivity index (χ1v) is 28.1. The number of methoxy groups -OCH3 is 1. The van der Waals surface area contributed by atoms with Gasteiger partial charge in [-0.2, -0.15) is 0 Å². The van der Waals surface area contributed by atoms with E-state index in [-0.39, 0.29) is 19.3 Å². The van der Waals surface area contributed by atoms with Crippen molar-refractivity contribution in [3.63, 3.8) is 0 Å². The number of carbonyl (C=O) groups excluding carboxylic acids is 3. The molecule has 5 N–H and O–H groups in total. The number of aliphatic hydroxyl groups is 3. The summed E-state index contributed by atoms with van der Waals surface area (Å²) in [4.78, 5) is 48.9. The van der Waals surface area contributed by atoms with E-state index < -0.39 is 126 Å². The molecule has 1 aromatic rings. The molecule has 0 bridgehead atoms. The third-order valence-electron chi connectivity index (χ3n) is 16.6. The molecule has 76 heavy (non-hydrogen) atoms. The average Bonchev–Trinajstić information content (AvgIpc) is 3.37. The van der Waals surface area contributed by atoms with E-state index in [0.717, 1.165) is 18.4 Å². The molecule has 3 saturated heterocycles. The van der Waals surface area contributed by atoms with Gasteiger partial charge in [-0.3, -0.25) is 15.0 Å². The van der Waals surface area contributed by atoms with Gasteiger partial charge in [-0.15, -0.1) is 0 Å². The maximum absolute atomic E-state index is 14.8. The quantitative estimate of drug-likeness (QED) is 0.0431. The van der Waals surface area contributed by atoms with Crippen LogP contribution >= 0.6 is 0 Å². The summed E-state index contributed by atoms with van der Waals surface area (Å²) in [6.45, 7) is 19.4. The van der Waals surface area contributed by atoms with Gasteiger partial charge in [0.25, 0.3) is 0 Å². The third kappa shape index (κ3) is 16.8. The minimum absolute atomic E-state index is 0.0340. The highest BCUT2D eigenvalue weighted by Crippen LogP contribution is 2.42. The molecule has 1 unspecified atom stereocenters. The van der Waals surface area contributed by atoms with Gasteiger partial charge in [0.2, 0.25) is 0 Å². The molecular weight excluding hydrogens is 981 g/mol. The molecule has 0 radical (unpaired) electrons. The SMILES string of the molecule is CC[C@H]1OC(=O)[C@H](C)[C@@H](O[C@H]2C[C@@](C)(OC)[C@@H](OC(C)=O)[C@H](C)O2)[C@H](C)[C@@H](O[C@@H]2O[C@H](C)C[C@H](N(C)C)[C@H]2OC(=O)NNCCc2ccccc2)C(C)(O)C[C@@H](C)/C(=N\OCCCC2CCCCC2)[C@H](C)[C@@H](O)[C@]1(C)O. The number of nitrogens with one attached hydrogen (secondary N) is 2. The zero-order valence-electron chi connectivity index (χ0n) is 48.2. The number of hydrogen-bond acceptors (Lipinski definition) is 18. The van der Waals surface area contributed by atoms with Crippen molar-refractivity contribution >= 4 is 23.7 Å². The Kier molecular flexibility index (Phi) is 23.8. The highest BCUT2D eigenvalue weighted by molar-refractivity contribution is 5.88. The van der Waals surface area contributed by atoms with Crippen LogP contribution in [0.15, 0.2) is 35.5 Å². The second kappa shape index (κ2) is 28.6. The molecule has 19 heteroatoms. The number of hydrazine groups is 1. The minimum Gasteiger partial charge on any atom is -0.459 e. The Morgan fingerprint density at radius 1 is 0.895 bits per heavy atom. The minimum atomic E-state index is -1.98. The molecule has 4 fully saturated rings. The molecule has 1 amide bonds. The van der Waals surface area contributed by atoms with Gasteiger partial charge >= 0.3 is 18.0 Å². The zero-order valence-corrected chi connectivity index (χ0v) is 48.2. The number of cyclic esters (lactones) is 1. The van der Waals surface area contributed by atoms with Crippen LogP contribution in [0.3, 0.4) is 0 Å². The number of rotatable bonds is 18. The number of aliphatic hydroxyl groups excluding tert-OH is 1. The van der Waals surface area contributed by atoms with Crippen LogP contribution in [-0.4, -0.2) is 163 Å². The van der Waals surface area contributed by atoms with E-state index in [1.807, 2.05) is 63.2 Å². The molecule has 1 saturated carbocycles. The van der Waals surface area contributed by atoms with Crippen molar-refractivity contribution in [1.29, 1.82) is 0 Å². The molecule has 1 aliphatic carbocycles. The third-order valence-corrected chi connectivity index (χ3v) is 16.6. The second-order valence-corrected chi connectivity index (χ2v) is 23.3. The fourth-order valence-electron chi connectivity index (χ4n) is 12.3. The van der Waals surface area contributed by atoms with Gasteiger partial charge < -0.3 is 63.0 Å². The van der Waals surface area contributed by atoms with Crippen molar-refractivity contribution in [2.75, 3.05) is 34.4 Å². The van der Waals surface area contributed by atoms with Crippen LogP contribution in [0.5, 0.6) is 0 Å². The lowest BCUT2D eigenvalue weighted by molar-refractivity contribution is -0.318. The van der Waals surface area contributed by atoms with E-state index in [1.54, 1.807) is 48.5 Å². The van der Waals surface area contributed by atoms with Crippen molar-refractivity contribution in [2.24, 2.45) is 34.7 Å². The standard InChI is InChI=1S/C57H96N4O15/c1-15-44-57(11,67)49(63)36(4)46(60-69-30-22-27-41-23-18-16-19-24-41)34(2)32-55(9,66)50(37(5)47(38(6)52(64)73-44)74-45-33-56(10,68-14)51(39(7)71-45)72-40(8)62)76-53-48(43(61(12)13)31-35(3)70-53)75-54(65)59-58-29-28-42-25-20-17-21-26-42/h17,20-21,25-26,34-39,41,43-45,47-51,53,58,63,66-67H,15-16,18-19,22-24,27-33H2,1-14H3,(H,59,65)/b60-46+/t34-,35-,36+,37+,38-,39+,43+,44-,45+,47+,48-,49-,50-,51+,53+,55?,56-,57-/m1/s1. The summed E-state index contributed by atoms with van der Waals surface area (Å²) < 4.78 is 51.3. The molecule has 19 nitrogen and oxygen atoms in total. The first-order valence-electron chi connectivity index (χ1n) is 28.1. The molecule has 4 aliphatic rings. The molecule has 434 valence electrons. The van der Waals surface area contributed by atoms with Crippen LogP contribution in [0.2, 0.25) is 0 Å². The number of esters is 2. The van der Waals surface area contributed by atoms with E-state index in [0.29, 0.717) is 37.6 Å². The lowest BCUT2D eigenvalue weighted by Crippen LogP contribution is -2.62. The topological polar surface area (TPSA) is 235 Å². The smallest absolute Gasteiger partial charge is 0.422 e. The van der Waals surface area contributed by atoms with Crippen LogP contribution < -0.4 is 10.9 Å². The van der Waals surface area contributed by atoms with Gasteiger partial charge in [-0.05, 0) is 106 Å². The molecule has 1 aromatic carbocycles. The van der Waals surface area contributed by atoms with E-state index >= 15 is 0 Å². The Hall–Kier alpha value is -3.50. The number of oxime groups is 1. The Morgan fingerprint density at radius 3 is 2.21 bits per heavy atom. The van der Waals surface area contributed by atoms with E-state index in [4.69, 9.17) is 47.9 Å². The first kappa shape index (κ1) is 63.3. The first-order chi connectivity index (χ1) is 35.8. The molecular formula is C57H96N4O15. The maximum atomic E-state index is 14.8. The predicted molar refractivity (Wildman–Crippen MR) is 286 cm³/mol. The molecule has 5 rings (SSSR count). The average molecular weight is 1080 g/mol. The van der Waals surface area contributed by atoms with Gasteiger partial charge in [0.05, 0.1) is 53.8 Å². The van der Waals surface area contributed by atoms with Gasteiger partial charge in [-0.1, -0.05) is 95.3 Å². The van der Waals surface area contributed by atoms with Crippen molar-refractivity contribution in [3.8, 4) is 0 Å². The number of benzene rings is 1. The number of carbonyl (C=O) groups is 3. The molecule has 3 aliphatic heterocycles. The predicted octanol–water partition coefficient (Wildman–Crippen LogP) is 7.00. The van der Waals surface area contributed by atoms with Crippen LogP contribution in [0.1, 0.15) is 152 Å². The van der Waals surface area contributed by atoms with Crippen molar-refractivity contribution in [3.05, 3.63) is 35.9 Å². The monoisotopic (exact) mass is 1080 g/mol. The Labute approximate surface area is 453 Å². The summed E-state index contributed by atoms with van der Waals surface area (Å²) in [6.07, 6.45) is -1.94. The summed E-state index contributed by atoms with van der Waals surface area (Å²) in [5, 5.41) is 42.5. The summed E-state index contributed by atoms with van der Waals surface area (Å²) >= 11 is 0. The largest absolute Gasteiger partial charge is 0.459 e. The Bertz CT molecular complexity index is 1990. The number of likely N-dealkylation sites (N-methyl/N-ethyl adjacent to an activating group) is 1. The van der Waals surface area contributed by atoms with Crippen LogP contribution in [-0.2, 0) is 58.7 Å². The molecule has 18 atom stereocenters. The van der Waals surface area contributed by atoms with Crippen molar-refractivity contribution < 1.29 is 72.4 Å². The highest BCUT2D eigenvalue weighted by atomic mass is 16.7. The second-order valence-electron chi connectivity index (χ2n) is 23.3. The molecule has 0 aromatic heterocycles. The van der Waals surface area contributed by atoms with Gasteiger partial charge in [0.1, 0.15) is 23.9 Å². The van der Waals surface area contributed by atoms with Gasteiger partial charge in [-0.25, -0.2) is 10.2 Å². The molecule has 0 spiro atoms. The van der Waals surface area contributed by atoms with Crippen LogP contribution in [0.4, 0.5) is 4.79 Å². The zero-order chi connectivity index (χ0) is 56.1. The van der Waals surface area contributed by atoms with Crippen LogP contribution in [0, 0.1) is 29.6 Å². The summed E-state index contributed by atoms with van der Waals surface area (Å²) in [7, 11) is 5.27. The molecule has 3 heterocycles. The highest BCUT2D eigenvalue weighted by Gasteiger charge is 2.55. The fraction of sp³-hybridized carbons (Fsp3) is 0.825. The normalized spacial score (nSPS) is 38.9. The number of hydrogen-bond donors (Lipinski definition) is 5. The van der Waals surface area contributed by atoms with E-state index in [2.05, 4.69) is 10.9 Å². The summed E-state index contributed by atoms with van der Waals surface area (Å²) in [6, 6.07) is 9.45. The number of nitrogens with zero attached hydrogens (tertiary/aromatic N) is 2. The lowest BCUT2D eigenvalue weighted by Gasteiger charge is -2.49. The van der Waals surface area contributed by atoms with Gasteiger partial charge in [0, 0.05) is 44.8 Å². The Morgan fingerprint density at radius 2 is 1.58 bits per heavy atom. The Balaban J connectivity index is 1.58. The van der Waals surface area contributed by atoms with E-state index in [1.165, 1.54) is 53.1 Å².